The second-order valence-corrected chi connectivity index (χ2v) is 4.21. The third-order valence-electron chi connectivity index (χ3n) is 2.39. The molecule has 0 aliphatic carbocycles. The molecular weight excluding hydrogens is 250 g/mol. The van der Waals surface area contributed by atoms with Crippen LogP contribution in [0.5, 0.6) is 0 Å². The molecule has 0 bridgehead atoms. The Kier molecular flexibility index (Phi) is 3.79. The van der Waals surface area contributed by atoms with Crippen LogP contribution in [-0.4, -0.2) is 11.0 Å². The highest BCUT2D eigenvalue weighted by molar-refractivity contribution is 6.31. The fourth-order valence-electron chi connectivity index (χ4n) is 1.45. The van der Waals surface area contributed by atoms with Gasteiger partial charge in [0.15, 0.2) is 0 Å². The highest BCUT2D eigenvalue weighted by Gasteiger charge is 2.05. The molecule has 1 heterocycles. The first-order valence-electron chi connectivity index (χ1n) is 5.39. The van der Waals surface area contributed by atoms with Gasteiger partial charge in [0.25, 0.3) is 0 Å². The lowest BCUT2D eigenvalue weighted by molar-refractivity contribution is 0.262. The van der Waals surface area contributed by atoms with Gasteiger partial charge in [0.05, 0.1) is 0 Å². The molecule has 1 aromatic carbocycles. The lowest BCUT2D eigenvalue weighted by Gasteiger charge is -2.10. The van der Waals surface area contributed by atoms with E-state index in [0.717, 1.165) is 5.56 Å². The van der Waals surface area contributed by atoms with Crippen LogP contribution < -0.4 is 10.6 Å². The molecule has 0 spiro atoms. The van der Waals surface area contributed by atoms with E-state index in [2.05, 4.69) is 15.6 Å². The molecule has 2 rings (SSSR count). The lowest BCUT2D eigenvalue weighted by Crippen LogP contribution is -2.19. The van der Waals surface area contributed by atoms with Gasteiger partial charge in [-0.25, -0.2) is 4.79 Å². The number of pyridine rings is 1. The van der Waals surface area contributed by atoms with Gasteiger partial charge in [-0.05, 0) is 36.8 Å². The van der Waals surface area contributed by atoms with Gasteiger partial charge in [-0.2, -0.15) is 0 Å². The number of nitrogens with zero attached hydrogens (tertiary/aromatic N) is 1. The molecule has 92 valence electrons. The summed E-state index contributed by atoms with van der Waals surface area (Å²) in [5.41, 5.74) is 2.32. The summed E-state index contributed by atoms with van der Waals surface area (Å²) >= 11 is 5.88. The highest BCUT2D eigenvalue weighted by Crippen LogP contribution is 2.20. The molecule has 1 aromatic heterocycles. The summed E-state index contributed by atoms with van der Waals surface area (Å²) in [5, 5.41) is 6.03. The van der Waals surface area contributed by atoms with E-state index in [0.29, 0.717) is 16.4 Å². The molecule has 0 saturated carbocycles. The second kappa shape index (κ2) is 5.51. The van der Waals surface area contributed by atoms with E-state index < -0.39 is 0 Å². The predicted octanol–water partition coefficient (Wildman–Crippen LogP) is 3.69. The number of aromatic nitrogens is 1. The van der Waals surface area contributed by atoms with Crippen molar-refractivity contribution in [1.82, 2.24) is 4.98 Å². The van der Waals surface area contributed by atoms with E-state index in [1.54, 1.807) is 36.7 Å². The van der Waals surface area contributed by atoms with Crippen molar-refractivity contribution in [3.63, 3.8) is 0 Å². The van der Waals surface area contributed by atoms with Crippen molar-refractivity contribution in [1.29, 1.82) is 0 Å². The van der Waals surface area contributed by atoms with Gasteiger partial charge >= 0.3 is 6.03 Å². The number of rotatable bonds is 2. The maximum Gasteiger partial charge on any atom is 0.323 e. The van der Waals surface area contributed by atoms with Crippen LogP contribution in [0.2, 0.25) is 5.02 Å². The SMILES string of the molecule is Cc1ccc(Cl)cc1NC(=O)Nc1ccncc1. The summed E-state index contributed by atoms with van der Waals surface area (Å²) in [4.78, 5) is 15.6. The number of aryl methyl sites for hydroxylation is 1. The Morgan fingerprint density at radius 1 is 1.17 bits per heavy atom. The Labute approximate surface area is 110 Å². The average Bonchev–Trinajstić information content (AvgIpc) is 2.35. The van der Waals surface area contributed by atoms with Gasteiger partial charge in [-0.15, -0.1) is 0 Å². The molecule has 2 aromatic rings. The van der Waals surface area contributed by atoms with Crippen LogP contribution in [0.4, 0.5) is 16.2 Å². The third-order valence-corrected chi connectivity index (χ3v) is 2.62. The minimum absolute atomic E-state index is 0.313. The van der Waals surface area contributed by atoms with E-state index in [9.17, 15) is 4.79 Å². The van der Waals surface area contributed by atoms with Gasteiger partial charge in [-0.3, -0.25) is 4.98 Å². The Morgan fingerprint density at radius 2 is 1.89 bits per heavy atom. The first-order valence-corrected chi connectivity index (χ1v) is 5.77. The number of hydrogen-bond donors (Lipinski definition) is 2. The summed E-state index contributed by atoms with van der Waals surface area (Å²) in [6, 6.07) is 8.46. The standard InChI is InChI=1S/C13H12ClN3O/c1-9-2-3-10(14)8-12(9)17-13(18)16-11-4-6-15-7-5-11/h2-8H,1H3,(H2,15,16,17,18). The smallest absolute Gasteiger partial charge is 0.308 e. The Hall–Kier alpha value is -2.07. The number of hydrogen-bond acceptors (Lipinski definition) is 2. The van der Waals surface area contributed by atoms with Crippen LogP contribution in [0.15, 0.2) is 42.7 Å². The minimum atomic E-state index is -0.313. The zero-order chi connectivity index (χ0) is 13.0. The molecule has 4 nitrogen and oxygen atoms in total. The number of urea groups is 1. The number of carbonyl (C=O) groups excluding carboxylic acids is 1. The quantitative estimate of drug-likeness (QED) is 0.866. The maximum absolute atomic E-state index is 11.8. The Bertz CT molecular complexity index is 557. The molecule has 0 radical (unpaired) electrons. The average molecular weight is 262 g/mol. The molecule has 5 heteroatoms. The summed E-state index contributed by atoms with van der Waals surface area (Å²) in [7, 11) is 0. The van der Waals surface area contributed by atoms with Crippen molar-refractivity contribution < 1.29 is 4.79 Å². The molecule has 2 amide bonds. The van der Waals surface area contributed by atoms with E-state index in [-0.39, 0.29) is 6.03 Å². The topological polar surface area (TPSA) is 54.0 Å². The number of nitrogens with one attached hydrogen (secondary N) is 2. The zero-order valence-corrected chi connectivity index (χ0v) is 10.5. The van der Waals surface area contributed by atoms with Crippen LogP contribution in [0, 0.1) is 6.92 Å². The molecule has 0 saturated heterocycles. The lowest BCUT2D eigenvalue weighted by atomic mass is 10.2. The van der Waals surface area contributed by atoms with E-state index in [1.165, 1.54) is 0 Å². The van der Waals surface area contributed by atoms with Gasteiger partial charge < -0.3 is 10.6 Å². The minimum Gasteiger partial charge on any atom is -0.308 e. The van der Waals surface area contributed by atoms with Crippen LogP contribution in [-0.2, 0) is 0 Å². The molecule has 0 unspecified atom stereocenters. The fourth-order valence-corrected chi connectivity index (χ4v) is 1.62. The highest BCUT2D eigenvalue weighted by atomic mass is 35.5. The number of anilines is 2. The largest absolute Gasteiger partial charge is 0.323 e. The van der Waals surface area contributed by atoms with Crippen molar-refractivity contribution in [2.24, 2.45) is 0 Å². The van der Waals surface area contributed by atoms with Crippen molar-refractivity contribution in [3.8, 4) is 0 Å². The molecule has 2 N–H and O–H groups in total. The molecular formula is C13H12ClN3O. The van der Waals surface area contributed by atoms with E-state index >= 15 is 0 Å². The normalized spacial score (nSPS) is 9.89. The molecule has 0 aliphatic heterocycles. The van der Waals surface area contributed by atoms with Crippen LogP contribution in [0.1, 0.15) is 5.56 Å². The Balaban J connectivity index is 2.05. The Morgan fingerprint density at radius 3 is 2.61 bits per heavy atom. The van der Waals surface area contributed by atoms with Crippen molar-refractivity contribution in [2.75, 3.05) is 10.6 Å². The number of halogens is 1. The van der Waals surface area contributed by atoms with Gasteiger partial charge in [-0.1, -0.05) is 17.7 Å². The second-order valence-electron chi connectivity index (χ2n) is 3.77. The van der Waals surface area contributed by atoms with Gasteiger partial charge in [0.1, 0.15) is 0 Å². The number of amides is 2. The third kappa shape index (κ3) is 3.21. The van der Waals surface area contributed by atoms with Crippen LogP contribution in [0.25, 0.3) is 0 Å². The maximum atomic E-state index is 11.8. The van der Waals surface area contributed by atoms with Crippen molar-refractivity contribution in [3.05, 3.63) is 53.3 Å². The predicted molar refractivity (Wildman–Crippen MR) is 73.1 cm³/mol. The first-order chi connectivity index (χ1) is 8.65. The van der Waals surface area contributed by atoms with Gasteiger partial charge in [0.2, 0.25) is 0 Å². The van der Waals surface area contributed by atoms with E-state index in [4.69, 9.17) is 11.6 Å². The molecule has 0 atom stereocenters. The van der Waals surface area contributed by atoms with Crippen molar-refractivity contribution >= 4 is 29.0 Å². The van der Waals surface area contributed by atoms with Crippen LogP contribution >= 0.6 is 11.6 Å². The summed E-state index contributed by atoms with van der Waals surface area (Å²) < 4.78 is 0. The number of carbonyl (C=O) groups is 1. The molecule has 0 fully saturated rings. The zero-order valence-electron chi connectivity index (χ0n) is 9.77. The molecule has 18 heavy (non-hydrogen) atoms. The number of benzene rings is 1. The van der Waals surface area contributed by atoms with Crippen LogP contribution in [0.3, 0.4) is 0 Å². The van der Waals surface area contributed by atoms with Crippen molar-refractivity contribution in [2.45, 2.75) is 6.92 Å². The molecule has 0 aliphatic rings. The first kappa shape index (κ1) is 12.4. The monoisotopic (exact) mass is 261 g/mol. The fraction of sp³-hybridized carbons (Fsp3) is 0.0769. The van der Waals surface area contributed by atoms with Gasteiger partial charge in [0, 0.05) is 28.8 Å². The summed E-state index contributed by atoms with van der Waals surface area (Å²) in [6.07, 6.45) is 3.22. The summed E-state index contributed by atoms with van der Waals surface area (Å²) in [6.45, 7) is 1.90. The van der Waals surface area contributed by atoms with E-state index in [1.807, 2.05) is 13.0 Å². The summed E-state index contributed by atoms with van der Waals surface area (Å²) in [5.74, 6) is 0.